The van der Waals surface area contributed by atoms with Gasteiger partial charge in [0.25, 0.3) is 0 Å². The highest BCUT2D eigenvalue weighted by Crippen LogP contribution is 2.16. The van der Waals surface area contributed by atoms with Gasteiger partial charge in [0.15, 0.2) is 0 Å². The van der Waals surface area contributed by atoms with E-state index < -0.39 is 12.0 Å². The third kappa shape index (κ3) is 2.23. The lowest BCUT2D eigenvalue weighted by Gasteiger charge is -2.25. The monoisotopic (exact) mass is 238 g/mol. The molecule has 0 atom stereocenters. The molecule has 1 aliphatic rings. The van der Waals surface area contributed by atoms with Gasteiger partial charge in [-0.2, -0.15) is 4.39 Å². The summed E-state index contributed by atoms with van der Waals surface area (Å²) in [6.07, 6.45) is 0.174. The molecule has 1 saturated heterocycles. The van der Waals surface area contributed by atoms with Crippen molar-refractivity contribution in [1.82, 2.24) is 10.3 Å². The number of carbonyl (C=O) groups is 2. The number of urea groups is 1. The Morgan fingerprint density at radius 2 is 2.24 bits per heavy atom. The summed E-state index contributed by atoms with van der Waals surface area (Å²) in [5.41, 5.74) is 5.59. The number of hydrogen-bond acceptors (Lipinski definition) is 4. The SMILES string of the molecule is NCc1ccc(N2CCC(=O)NC2=O)nc1F. The Morgan fingerprint density at radius 1 is 1.47 bits per heavy atom. The highest BCUT2D eigenvalue weighted by molar-refractivity contribution is 6.05. The predicted octanol–water partition coefficient (Wildman–Crippen LogP) is 0.126. The van der Waals surface area contributed by atoms with Gasteiger partial charge in [0.1, 0.15) is 5.82 Å². The number of imide groups is 1. The maximum absolute atomic E-state index is 13.4. The molecule has 0 aliphatic carbocycles. The number of carbonyl (C=O) groups excluding carboxylic acids is 2. The van der Waals surface area contributed by atoms with Crippen molar-refractivity contribution in [1.29, 1.82) is 0 Å². The first-order valence-corrected chi connectivity index (χ1v) is 5.08. The average molecular weight is 238 g/mol. The van der Waals surface area contributed by atoms with Gasteiger partial charge in [-0.25, -0.2) is 9.78 Å². The Morgan fingerprint density at radius 3 is 2.82 bits per heavy atom. The van der Waals surface area contributed by atoms with E-state index in [2.05, 4.69) is 10.3 Å². The van der Waals surface area contributed by atoms with Gasteiger partial charge in [0.2, 0.25) is 11.9 Å². The summed E-state index contributed by atoms with van der Waals surface area (Å²) in [6, 6.07) is 2.39. The molecular formula is C10H11FN4O2. The Bertz CT molecular complexity index is 477. The molecule has 1 aliphatic heterocycles. The zero-order valence-electron chi connectivity index (χ0n) is 8.94. The van der Waals surface area contributed by atoms with E-state index >= 15 is 0 Å². The van der Waals surface area contributed by atoms with Crippen molar-refractivity contribution >= 4 is 17.8 Å². The summed E-state index contributed by atoms with van der Waals surface area (Å²) < 4.78 is 13.4. The standard InChI is InChI=1S/C10H11FN4O2/c11-9-6(5-12)1-2-7(13-9)15-4-3-8(16)14-10(15)17/h1-2H,3-5,12H2,(H,14,16,17). The van der Waals surface area contributed by atoms with Gasteiger partial charge in [0, 0.05) is 25.1 Å². The number of hydrogen-bond donors (Lipinski definition) is 2. The number of nitrogens with one attached hydrogen (secondary N) is 1. The number of halogens is 1. The Hall–Kier alpha value is -2.02. The fraction of sp³-hybridized carbons (Fsp3) is 0.300. The molecule has 90 valence electrons. The lowest BCUT2D eigenvalue weighted by molar-refractivity contribution is -0.120. The summed E-state index contributed by atoms with van der Waals surface area (Å²) in [4.78, 5) is 27.3. The number of nitrogens with zero attached hydrogens (tertiary/aromatic N) is 2. The van der Waals surface area contributed by atoms with Crippen LogP contribution in [0.2, 0.25) is 0 Å². The third-order valence-electron chi connectivity index (χ3n) is 2.46. The smallest absolute Gasteiger partial charge is 0.326 e. The number of aromatic nitrogens is 1. The molecule has 0 radical (unpaired) electrons. The van der Waals surface area contributed by atoms with Crippen molar-refractivity contribution in [3.8, 4) is 0 Å². The number of rotatable bonds is 2. The van der Waals surface area contributed by atoms with Crippen LogP contribution in [-0.2, 0) is 11.3 Å². The largest absolute Gasteiger partial charge is 0.329 e. The van der Waals surface area contributed by atoms with Crippen LogP contribution in [0.5, 0.6) is 0 Å². The van der Waals surface area contributed by atoms with Crippen LogP contribution in [0.25, 0.3) is 0 Å². The van der Waals surface area contributed by atoms with E-state index in [1.54, 1.807) is 0 Å². The molecule has 2 rings (SSSR count). The van der Waals surface area contributed by atoms with Crippen LogP contribution < -0.4 is 16.0 Å². The molecule has 3 N–H and O–H groups in total. The first kappa shape index (κ1) is 11.5. The highest BCUT2D eigenvalue weighted by Gasteiger charge is 2.25. The van der Waals surface area contributed by atoms with Crippen molar-refractivity contribution < 1.29 is 14.0 Å². The van der Waals surface area contributed by atoms with E-state index in [-0.39, 0.29) is 36.8 Å². The molecule has 0 unspecified atom stereocenters. The summed E-state index contributed by atoms with van der Waals surface area (Å²) in [6.45, 7) is 0.239. The van der Waals surface area contributed by atoms with Crippen LogP contribution in [-0.4, -0.2) is 23.5 Å². The normalized spacial score (nSPS) is 16.0. The van der Waals surface area contributed by atoms with E-state index in [4.69, 9.17) is 5.73 Å². The van der Waals surface area contributed by atoms with E-state index in [1.807, 2.05) is 0 Å². The maximum atomic E-state index is 13.4. The molecule has 0 saturated carbocycles. The van der Waals surface area contributed by atoms with E-state index in [9.17, 15) is 14.0 Å². The van der Waals surface area contributed by atoms with Crippen molar-refractivity contribution in [2.75, 3.05) is 11.4 Å². The first-order valence-electron chi connectivity index (χ1n) is 5.08. The minimum atomic E-state index is -0.699. The third-order valence-corrected chi connectivity index (χ3v) is 2.46. The fourth-order valence-electron chi connectivity index (χ4n) is 1.54. The van der Waals surface area contributed by atoms with Crippen LogP contribution in [0.1, 0.15) is 12.0 Å². The molecule has 0 spiro atoms. The zero-order valence-corrected chi connectivity index (χ0v) is 8.94. The summed E-state index contributed by atoms with van der Waals surface area (Å²) in [7, 11) is 0. The van der Waals surface area contributed by atoms with Crippen LogP contribution >= 0.6 is 0 Å². The first-order chi connectivity index (χ1) is 8.11. The Balaban J connectivity index is 2.25. The van der Waals surface area contributed by atoms with Gasteiger partial charge < -0.3 is 5.73 Å². The second-order valence-electron chi connectivity index (χ2n) is 3.58. The molecule has 3 amide bonds. The molecule has 1 aromatic heterocycles. The van der Waals surface area contributed by atoms with Crippen LogP contribution in [0, 0.1) is 5.95 Å². The predicted molar refractivity (Wildman–Crippen MR) is 57.6 cm³/mol. The van der Waals surface area contributed by atoms with Crippen LogP contribution in [0.15, 0.2) is 12.1 Å². The maximum Gasteiger partial charge on any atom is 0.329 e. The zero-order chi connectivity index (χ0) is 12.4. The van der Waals surface area contributed by atoms with Crippen LogP contribution in [0.3, 0.4) is 0 Å². The molecule has 0 aromatic carbocycles. The Kier molecular flexibility index (Phi) is 3.01. The lowest BCUT2D eigenvalue weighted by atomic mass is 10.2. The summed E-state index contributed by atoms with van der Waals surface area (Å²) >= 11 is 0. The van der Waals surface area contributed by atoms with Gasteiger partial charge in [-0.15, -0.1) is 0 Å². The second-order valence-corrected chi connectivity index (χ2v) is 3.58. The average Bonchev–Trinajstić information content (AvgIpc) is 2.29. The van der Waals surface area contributed by atoms with Gasteiger partial charge >= 0.3 is 6.03 Å². The molecule has 1 aromatic rings. The van der Waals surface area contributed by atoms with Crippen LogP contribution in [0.4, 0.5) is 15.0 Å². The molecule has 17 heavy (non-hydrogen) atoms. The lowest BCUT2D eigenvalue weighted by Crippen LogP contribution is -2.50. The topological polar surface area (TPSA) is 88.3 Å². The fourth-order valence-corrected chi connectivity index (χ4v) is 1.54. The second kappa shape index (κ2) is 4.46. The number of amides is 3. The minimum Gasteiger partial charge on any atom is -0.326 e. The minimum absolute atomic E-state index is 0.0454. The Labute approximate surface area is 96.6 Å². The quantitative estimate of drug-likeness (QED) is 0.716. The van der Waals surface area contributed by atoms with Gasteiger partial charge in [-0.05, 0) is 12.1 Å². The molecular weight excluding hydrogens is 227 g/mol. The van der Waals surface area contributed by atoms with Gasteiger partial charge in [-0.3, -0.25) is 15.0 Å². The number of pyridine rings is 1. The summed E-state index contributed by atoms with van der Waals surface area (Å²) in [5.74, 6) is -0.871. The van der Waals surface area contributed by atoms with E-state index in [0.717, 1.165) is 0 Å². The number of anilines is 1. The van der Waals surface area contributed by atoms with Gasteiger partial charge in [-0.1, -0.05) is 0 Å². The van der Waals surface area contributed by atoms with Crippen molar-refractivity contribution in [2.45, 2.75) is 13.0 Å². The van der Waals surface area contributed by atoms with Crippen molar-refractivity contribution in [2.24, 2.45) is 5.73 Å². The molecule has 7 heteroatoms. The highest BCUT2D eigenvalue weighted by atomic mass is 19.1. The van der Waals surface area contributed by atoms with Crippen molar-refractivity contribution in [3.05, 3.63) is 23.6 Å². The van der Waals surface area contributed by atoms with Crippen molar-refractivity contribution in [3.63, 3.8) is 0 Å². The van der Waals surface area contributed by atoms with E-state index in [1.165, 1.54) is 17.0 Å². The van der Waals surface area contributed by atoms with E-state index in [0.29, 0.717) is 0 Å². The molecule has 1 fully saturated rings. The molecule has 6 nitrogen and oxygen atoms in total. The number of nitrogens with two attached hydrogens (primary N) is 1. The molecule has 2 heterocycles. The summed E-state index contributed by atoms with van der Waals surface area (Å²) in [5, 5.41) is 2.14. The van der Waals surface area contributed by atoms with Gasteiger partial charge in [0.05, 0.1) is 0 Å². The molecule has 0 bridgehead atoms.